The van der Waals surface area contributed by atoms with E-state index in [4.69, 9.17) is 19.4 Å². The van der Waals surface area contributed by atoms with Gasteiger partial charge in [-0.15, -0.1) is 0 Å². The number of para-hydroxylation sites is 2. The van der Waals surface area contributed by atoms with Gasteiger partial charge >= 0.3 is 0 Å². The second-order valence-electron chi connectivity index (χ2n) is 13.6. The van der Waals surface area contributed by atoms with Crippen LogP contribution in [-0.2, 0) is 10.8 Å². The summed E-state index contributed by atoms with van der Waals surface area (Å²) in [5.74, 6) is 1.85. The first kappa shape index (κ1) is 27.5. The summed E-state index contributed by atoms with van der Waals surface area (Å²) < 4.78 is 6.36. The number of rotatable bonds is 4. The van der Waals surface area contributed by atoms with Crippen molar-refractivity contribution < 1.29 is 4.42 Å². The normalized spacial score (nSPS) is 15.3. The van der Waals surface area contributed by atoms with Crippen molar-refractivity contribution in [2.24, 2.45) is 0 Å². The van der Waals surface area contributed by atoms with Gasteiger partial charge in [-0.25, -0.2) is 15.0 Å². The molecule has 0 amide bonds. The second-order valence-corrected chi connectivity index (χ2v) is 13.6. The van der Waals surface area contributed by atoms with Crippen molar-refractivity contribution in [2.75, 3.05) is 0 Å². The smallest absolute Gasteiger partial charge is 0.167 e. The zero-order chi connectivity index (χ0) is 30.8. The van der Waals surface area contributed by atoms with Crippen LogP contribution in [0.4, 0.5) is 0 Å². The SMILES string of the molecule is CC1(C)CCC(C)(C)c2cc(-c3ccc(-c4nc(-c5ccccc5)nc(-c5cccc6c5oc5ccccc56)n4)cc3)ccc21. The fourth-order valence-corrected chi connectivity index (χ4v) is 6.85. The van der Waals surface area contributed by atoms with Crippen LogP contribution in [0, 0.1) is 0 Å². The summed E-state index contributed by atoms with van der Waals surface area (Å²) in [6, 6.07) is 40.0. The number of fused-ring (bicyclic) bond motifs is 4. The second kappa shape index (κ2) is 10.2. The molecule has 0 saturated carbocycles. The molecule has 0 spiro atoms. The summed E-state index contributed by atoms with van der Waals surface area (Å²) in [6.07, 6.45) is 2.41. The molecule has 7 aromatic rings. The Kier molecular flexibility index (Phi) is 6.25. The van der Waals surface area contributed by atoms with Gasteiger partial charge in [-0.05, 0) is 58.1 Å². The van der Waals surface area contributed by atoms with E-state index < -0.39 is 0 Å². The van der Waals surface area contributed by atoms with Gasteiger partial charge < -0.3 is 4.42 Å². The number of aromatic nitrogens is 3. The fourth-order valence-electron chi connectivity index (χ4n) is 6.85. The molecule has 2 aromatic heterocycles. The molecular weight excluding hydrogens is 550 g/mol. The molecule has 4 heteroatoms. The Balaban J connectivity index is 1.23. The molecule has 0 saturated heterocycles. The molecule has 1 aliphatic rings. The van der Waals surface area contributed by atoms with E-state index in [0.717, 1.165) is 38.6 Å². The quantitative estimate of drug-likeness (QED) is 0.206. The lowest BCUT2D eigenvalue weighted by Crippen LogP contribution is -2.33. The van der Waals surface area contributed by atoms with Gasteiger partial charge in [-0.2, -0.15) is 0 Å². The van der Waals surface area contributed by atoms with Crippen LogP contribution < -0.4 is 0 Å². The van der Waals surface area contributed by atoms with Gasteiger partial charge in [0.15, 0.2) is 17.5 Å². The van der Waals surface area contributed by atoms with Gasteiger partial charge in [-0.1, -0.05) is 131 Å². The third-order valence-corrected chi connectivity index (χ3v) is 9.64. The van der Waals surface area contributed by atoms with Crippen molar-refractivity contribution in [2.45, 2.75) is 51.4 Å². The van der Waals surface area contributed by atoms with E-state index in [2.05, 4.69) is 82.3 Å². The van der Waals surface area contributed by atoms with Crippen LogP contribution in [0.2, 0.25) is 0 Å². The average molecular weight is 586 g/mol. The van der Waals surface area contributed by atoms with Crippen LogP contribution in [0.3, 0.4) is 0 Å². The molecule has 8 rings (SSSR count). The van der Waals surface area contributed by atoms with Gasteiger partial charge in [-0.3, -0.25) is 0 Å². The third-order valence-electron chi connectivity index (χ3n) is 9.64. The van der Waals surface area contributed by atoms with Crippen LogP contribution in [0.5, 0.6) is 0 Å². The van der Waals surface area contributed by atoms with E-state index in [9.17, 15) is 0 Å². The van der Waals surface area contributed by atoms with E-state index >= 15 is 0 Å². The number of benzene rings is 5. The molecule has 5 aromatic carbocycles. The lowest BCUT2D eigenvalue weighted by Gasteiger charge is -2.42. The minimum Gasteiger partial charge on any atom is -0.455 e. The summed E-state index contributed by atoms with van der Waals surface area (Å²) in [7, 11) is 0. The van der Waals surface area contributed by atoms with Crippen LogP contribution in [0.15, 0.2) is 120 Å². The van der Waals surface area contributed by atoms with Gasteiger partial charge in [0.05, 0.1) is 5.56 Å². The van der Waals surface area contributed by atoms with Crippen LogP contribution in [-0.4, -0.2) is 15.0 Å². The largest absolute Gasteiger partial charge is 0.455 e. The molecule has 220 valence electrons. The average Bonchev–Trinajstić information content (AvgIpc) is 3.46. The highest BCUT2D eigenvalue weighted by Crippen LogP contribution is 2.47. The Bertz CT molecular complexity index is 2210. The highest BCUT2D eigenvalue weighted by atomic mass is 16.3. The Morgan fingerprint density at radius 2 is 1.07 bits per heavy atom. The first-order valence-corrected chi connectivity index (χ1v) is 15.7. The van der Waals surface area contributed by atoms with Crippen LogP contribution >= 0.6 is 0 Å². The van der Waals surface area contributed by atoms with Crippen molar-refractivity contribution in [3.63, 3.8) is 0 Å². The molecule has 0 radical (unpaired) electrons. The lowest BCUT2D eigenvalue weighted by molar-refractivity contribution is 0.332. The molecule has 0 atom stereocenters. The van der Waals surface area contributed by atoms with Crippen molar-refractivity contribution in [3.05, 3.63) is 126 Å². The van der Waals surface area contributed by atoms with E-state index in [-0.39, 0.29) is 10.8 Å². The maximum atomic E-state index is 6.36. The Morgan fingerprint density at radius 3 is 1.82 bits per heavy atom. The maximum Gasteiger partial charge on any atom is 0.167 e. The number of nitrogens with zero attached hydrogens (tertiary/aromatic N) is 3. The third kappa shape index (κ3) is 4.73. The Hall–Kier alpha value is -5.09. The molecule has 1 aliphatic carbocycles. The molecule has 4 nitrogen and oxygen atoms in total. The highest BCUT2D eigenvalue weighted by Gasteiger charge is 2.37. The zero-order valence-electron chi connectivity index (χ0n) is 26.1. The minimum absolute atomic E-state index is 0.165. The van der Waals surface area contributed by atoms with Crippen LogP contribution in [0.25, 0.3) is 67.2 Å². The van der Waals surface area contributed by atoms with Crippen molar-refractivity contribution in [1.29, 1.82) is 0 Å². The highest BCUT2D eigenvalue weighted by molar-refractivity contribution is 6.09. The Morgan fingerprint density at radius 1 is 0.489 bits per heavy atom. The summed E-state index contributed by atoms with van der Waals surface area (Å²) in [5.41, 5.74) is 10.1. The zero-order valence-corrected chi connectivity index (χ0v) is 26.1. The summed E-state index contributed by atoms with van der Waals surface area (Å²) in [4.78, 5) is 15.0. The number of hydrogen-bond acceptors (Lipinski definition) is 4. The monoisotopic (exact) mass is 585 g/mol. The molecule has 45 heavy (non-hydrogen) atoms. The summed E-state index contributed by atoms with van der Waals surface area (Å²) in [5, 5.41) is 2.13. The molecule has 0 fully saturated rings. The van der Waals surface area contributed by atoms with E-state index in [0.29, 0.717) is 17.5 Å². The minimum atomic E-state index is 0.165. The molecule has 0 N–H and O–H groups in total. The van der Waals surface area contributed by atoms with Gasteiger partial charge in [0.2, 0.25) is 0 Å². The topological polar surface area (TPSA) is 51.8 Å². The van der Waals surface area contributed by atoms with Gasteiger partial charge in [0.25, 0.3) is 0 Å². The standard InChI is InChI=1S/C41H35N3O/c1-40(2)23-24-41(3,4)34-25-29(21-22-33(34)40)26-17-19-28(20-18-26)38-42-37(27-11-6-5-7-12-27)43-39(44-38)32-15-10-14-31-30-13-8-9-16-35(30)45-36(31)32/h5-22,25H,23-24H2,1-4H3. The van der Waals surface area contributed by atoms with Crippen molar-refractivity contribution in [3.8, 4) is 45.3 Å². The first-order valence-electron chi connectivity index (χ1n) is 15.7. The van der Waals surface area contributed by atoms with Crippen LogP contribution in [0.1, 0.15) is 51.7 Å². The number of furan rings is 1. The predicted molar refractivity (Wildman–Crippen MR) is 184 cm³/mol. The van der Waals surface area contributed by atoms with Crippen molar-refractivity contribution in [1.82, 2.24) is 15.0 Å². The maximum absolute atomic E-state index is 6.36. The lowest BCUT2D eigenvalue weighted by atomic mass is 9.63. The summed E-state index contributed by atoms with van der Waals surface area (Å²) in [6.45, 7) is 9.50. The molecule has 2 heterocycles. The summed E-state index contributed by atoms with van der Waals surface area (Å²) >= 11 is 0. The molecule has 0 bridgehead atoms. The molecular formula is C41H35N3O. The fraction of sp³-hybridized carbons (Fsp3) is 0.195. The first-order chi connectivity index (χ1) is 21.8. The molecule has 0 unspecified atom stereocenters. The van der Waals surface area contributed by atoms with E-state index in [1.54, 1.807) is 0 Å². The Labute approximate surface area is 263 Å². The van der Waals surface area contributed by atoms with Gasteiger partial charge in [0, 0.05) is 21.9 Å². The number of hydrogen-bond donors (Lipinski definition) is 0. The van der Waals surface area contributed by atoms with E-state index in [1.165, 1.54) is 35.1 Å². The van der Waals surface area contributed by atoms with Crippen molar-refractivity contribution >= 4 is 21.9 Å². The predicted octanol–water partition coefficient (Wildman–Crippen LogP) is 10.8. The van der Waals surface area contributed by atoms with Gasteiger partial charge in [0.1, 0.15) is 11.2 Å². The van der Waals surface area contributed by atoms with E-state index in [1.807, 2.05) is 60.7 Å². The molecule has 0 aliphatic heterocycles.